The Hall–Kier alpha value is -2.96. The van der Waals surface area contributed by atoms with Crippen molar-refractivity contribution in [2.45, 2.75) is 53.5 Å². The van der Waals surface area contributed by atoms with Crippen LogP contribution >= 0.6 is 0 Å². The van der Waals surface area contributed by atoms with E-state index < -0.39 is 5.82 Å². The minimum atomic E-state index is -0.439. The highest BCUT2D eigenvalue weighted by Gasteiger charge is 2.21. The van der Waals surface area contributed by atoms with Gasteiger partial charge in [-0.2, -0.15) is 0 Å². The second kappa shape index (κ2) is 8.59. The topological polar surface area (TPSA) is 70.5 Å². The summed E-state index contributed by atoms with van der Waals surface area (Å²) in [7, 11) is 0. The molecule has 0 saturated heterocycles. The van der Waals surface area contributed by atoms with Crippen LogP contribution in [0, 0.1) is 19.7 Å². The standard InChI is InChI=1S/C22H27FN4O2/c1-5-8-18-19(25-27-20(18)24-15(4)14(3)21(27)28)13-26(11-6-2)22(29)16-9-7-10-17(23)12-16/h7,9-10,12,25H,5-6,8,11,13H2,1-4H3. The molecular weight excluding hydrogens is 371 g/mol. The normalized spacial score (nSPS) is 11.2. The molecule has 0 bridgehead atoms. The molecule has 3 rings (SSSR count). The van der Waals surface area contributed by atoms with Gasteiger partial charge in [0.15, 0.2) is 5.65 Å². The Morgan fingerprint density at radius 3 is 2.66 bits per heavy atom. The van der Waals surface area contributed by atoms with Crippen molar-refractivity contribution in [1.29, 1.82) is 0 Å². The summed E-state index contributed by atoms with van der Waals surface area (Å²) in [5, 5.41) is 3.17. The number of hydrogen-bond acceptors (Lipinski definition) is 3. The molecule has 0 aliphatic carbocycles. The molecule has 0 saturated carbocycles. The summed E-state index contributed by atoms with van der Waals surface area (Å²) < 4.78 is 15.1. The number of rotatable bonds is 7. The van der Waals surface area contributed by atoms with Crippen molar-refractivity contribution in [3.05, 3.63) is 68.5 Å². The first kappa shape index (κ1) is 20.8. The van der Waals surface area contributed by atoms with Crippen LogP contribution in [0.25, 0.3) is 5.65 Å². The van der Waals surface area contributed by atoms with Crippen LogP contribution in [-0.2, 0) is 13.0 Å². The van der Waals surface area contributed by atoms with E-state index in [-0.39, 0.29) is 11.5 Å². The summed E-state index contributed by atoms with van der Waals surface area (Å²) in [6.45, 7) is 8.47. The Labute approximate surface area is 169 Å². The number of nitrogens with zero attached hydrogens (tertiary/aromatic N) is 3. The molecular formula is C22H27FN4O2. The minimum Gasteiger partial charge on any atom is -0.333 e. The SMILES string of the molecule is CCCc1c(CN(CCC)C(=O)c2cccc(F)c2)[nH]n2c(=O)c(C)c(C)nc12. The van der Waals surface area contributed by atoms with E-state index in [1.54, 1.807) is 17.9 Å². The van der Waals surface area contributed by atoms with Gasteiger partial charge in [-0.25, -0.2) is 13.9 Å². The van der Waals surface area contributed by atoms with Crippen molar-refractivity contribution in [3.8, 4) is 0 Å². The molecule has 154 valence electrons. The van der Waals surface area contributed by atoms with E-state index in [2.05, 4.69) is 17.0 Å². The molecule has 1 aromatic carbocycles. The van der Waals surface area contributed by atoms with Gasteiger partial charge in [0.2, 0.25) is 0 Å². The highest BCUT2D eigenvalue weighted by Crippen LogP contribution is 2.19. The fourth-order valence-corrected chi connectivity index (χ4v) is 3.52. The van der Waals surface area contributed by atoms with Gasteiger partial charge >= 0.3 is 0 Å². The zero-order valence-electron chi connectivity index (χ0n) is 17.4. The lowest BCUT2D eigenvalue weighted by Crippen LogP contribution is -2.32. The van der Waals surface area contributed by atoms with E-state index in [1.807, 2.05) is 13.8 Å². The van der Waals surface area contributed by atoms with Crippen molar-refractivity contribution < 1.29 is 9.18 Å². The molecule has 3 aromatic rings. The van der Waals surface area contributed by atoms with Gasteiger partial charge in [0.1, 0.15) is 5.82 Å². The number of amides is 1. The second-order valence-corrected chi connectivity index (χ2v) is 7.34. The van der Waals surface area contributed by atoms with Crippen LogP contribution < -0.4 is 5.56 Å². The second-order valence-electron chi connectivity index (χ2n) is 7.34. The van der Waals surface area contributed by atoms with Crippen molar-refractivity contribution >= 4 is 11.6 Å². The Kier molecular flexibility index (Phi) is 6.15. The number of halogens is 1. The number of nitrogens with one attached hydrogen (secondary N) is 1. The lowest BCUT2D eigenvalue weighted by molar-refractivity contribution is 0.0740. The van der Waals surface area contributed by atoms with Crippen LogP contribution in [-0.4, -0.2) is 31.9 Å². The number of H-pyrrole nitrogens is 1. The summed E-state index contributed by atoms with van der Waals surface area (Å²) in [6, 6.07) is 5.72. The van der Waals surface area contributed by atoms with E-state index in [9.17, 15) is 14.0 Å². The number of fused-ring (bicyclic) bond motifs is 1. The molecule has 0 unspecified atom stereocenters. The third kappa shape index (κ3) is 4.09. The van der Waals surface area contributed by atoms with Gasteiger partial charge in [0.25, 0.3) is 11.5 Å². The van der Waals surface area contributed by atoms with Gasteiger partial charge in [0, 0.05) is 28.9 Å². The smallest absolute Gasteiger partial charge is 0.275 e. The molecule has 2 aromatic heterocycles. The average molecular weight is 398 g/mol. The zero-order valence-corrected chi connectivity index (χ0v) is 17.4. The highest BCUT2D eigenvalue weighted by atomic mass is 19.1. The number of hydrogen-bond donors (Lipinski definition) is 1. The first-order valence-corrected chi connectivity index (χ1v) is 10.0. The van der Waals surface area contributed by atoms with Crippen LogP contribution in [0.5, 0.6) is 0 Å². The molecule has 1 N–H and O–H groups in total. The zero-order chi connectivity index (χ0) is 21.1. The summed E-state index contributed by atoms with van der Waals surface area (Å²) >= 11 is 0. The van der Waals surface area contributed by atoms with Gasteiger partial charge < -0.3 is 4.90 Å². The molecule has 1 amide bonds. The maximum absolute atomic E-state index is 13.6. The first-order valence-electron chi connectivity index (χ1n) is 10.0. The Morgan fingerprint density at radius 2 is 2.00 bits per heavy atom. The maximum atomic E-state index is 13.6. The van der Waals surface area contributed by atoms with Gasteiger partial charge in [-0.3, -0.25) is 14.7 Å². The predicted octanol–water partition coefficient (Wildman–Crippen LogP) is 3.78. The number of benzene rings is 1. The fraction of sp³-hybridized carbons (Fsp3) is 0.409. The van der Waals surface area contributed by atoms with Gasteiger partial charge in [-0.15, -0.1) is 0 Å². The molecule has 29 heavy (non-hydrogen) atoms. The van der Waals surface area contributed by atoms with E-state index in [0.29, 0.717) is 35.6 Å². The van der Waals surface area contributed by atoms with Crippen LogP contribution in [0.2, 0.25) is 0 Å². The molecule has 7 heteroatoms. The van der Waals surface area contributed by atoms with E-state index >= 15 is 0 Å². The van der Waals surface area contributed by atoms with E-state index in [4.69, 9.17) is 0 Å². The van der Waals surface area contributed by atoms with Crippen molar-refractivity contribution in [1.82, 2.24) is 19.5 Å². The summed E-state index contributed by atoms with van der Waals surface area (Å²) in [5.74, 6) is -0.675. The van der Waals surface area contributed by atoms with Crippen molar-refractivity contribution in [2.75, 3.05) is 6.54 Å². The number of carbonyl (C=O) groups is 1. The lowest BCUT2D eigenvalue weighted by atomic mass is 10.1. The molecule has 0 radical (unpaired) electrons. The largest absolute Gasteiger partial charge is 0.333 e. The van der Waals surface area contributed by atoms with Gasteiger partial charge in [-0.05, 0) is 44.9 Å². The molecule has 6 nitrogen and oxygen atoms in total. The molecule has 0 atom stereocenters. The highest BCUT2D eigenvalue weighted by molar-refractivity contribution is 5.94. The van der Waals surface area contributed by atoms with Gasteiger partial charge in [0.05, 0.1) is 12.2 Å². The number of carbonyl (C=O) groups excluding carboxylic acids is 1. The third-order valence-electron chi connectivity index (χ3n) is 5.13. The maximum Gasteiger partial charge on any atom is 0.275 e. The summed E-state index contributed by atoms with van der Waals surface area (Å²) in [4.78, 5) is 32.0. The lowest BCUT2D eigenvalue weighted by Gasteiger charge is -2.22. The first-order chi connectivity index (χ1) is 13.9. The predicted molar refractivity (Wildman–Crippen MR) is 111 cm³/mol. The Balaban J connectivity index is 2.05. The Bertz CT molecular complexity index is 1100. The monoisotopic (exact) mass is 398 g/mol. The van der Waals surface area contributed by atoms with Crippen LogP contribution in [0.4, 0.5) is 4.39 Å². The molecule has 0 aliphatic rings. The number of aryl methyl sites for hydroxylation is 2. The van der Waals surface area contributed by atoms with Gasteiger partial charge in [-0.1, -0.05) is 26.3 Å². The van der Waals surface area contributed by atoms with Crippen LogP contribution in [0.15, 0.2) is 29.1 Å². The third-order valence-corrected chi connectivity index (χ3v) is 5.13. The molecule has 0 fully saturated rings. The van der Waals surface area contributed by atoms with Crippen molar-refractivity contribution in [3.63, 3.8) is 0 Å². The van der Waals surface area contributed by atoms with Crippen molar-refractivity contribution in [2.24, 2.45) is 0 Å². The molecule has 2 heterocycles. The van der Waals surface area contributed by atoms with Crippen LogP contribution in [0.3, 0.4) is 0 Å². The average Bonchev–Trinajstić information content (AvgIpc) is 3.03. The van der Waals surface area contributed by atoms with E-state index in [1.165, 1.54) is 22.7 Å². The number of aromatic nitrogens is 3. The molecule has 0 aliphatic heterocycles. The Morgan fingerprint density at radius 1 is 1.24 bits per heavy atom. The quantitative estimate of drug-likeness (QED) is 0.658. The minimum absolute atomic E-state index is 0.130. The van der Waals surface area contributed by atoms with E-state index in [0.717, 1.165) is 30.5 Å². The summed E-state index contributed by atoms with van der Waals surface area (Å²) in [5.41, 5.74) is 3.84. The molecule has 0 spiro atoms. The fourth-order valence-electron chi connectivity index (χ4n) is 3.52. The number of aromatic amines is 1. The summed E-state index contributed by atoms with van der Waals surface area (Å²) in [6.07, 6.45) is 2.39. The van der Waals surface area contributed by atoms with Crippen LogP contribution in [0.1, 0.15) is 59.6 Å².